The number of carbonyl (C=O) groups excluding carboxylic acids is 2. The molecule has 1 aliphatic carbocycles. The highest BCUT2D eigenvalue weighted by molar-refractivity contribution is 7.11. The van der Waals surface area contributed by atoms with Gasteiger partial charge in [0, 0.05) is 28.8 Å². The molecule has 0 radical (unpaired) electrons. The molecular formula is C27H30N2O2S. The number of aryl methyl sites for hydroxylation is 2. The molecule has 2 aromatic carbocycles. The molecule has 1 aromatic heterocycles. The largest absolute Gasteiger partial charge is 0.332 e. The van der Waals surface area contributed by atoms with Crippen LogP contribution in [0.5, 0.6) is 0 Å². The van der Waals surface area contributed by atoms with E-state index < -0.39 is 0 Å². The highest BCUT2D eigenvalue weighted by Crippen LogP contribution is 2.28. The van der Waals surface area contributed by atoms with Crippen LogP contribution in [0.3, 0.4) is 0 Å². The van der Waals surface area contributed by atoms with Gasteiger partial charge in [-0.25, -0.2) is 0 Å². The van der Waals surface area contributed by atoms with Crippen molar-refractivity contribution in [2.24, 2.45) is 0 Å². The minimum absolute atomic E-state index is 0.0138. The summed E-state index contributed by atoms with van der Waals surface area (Å²) in [5, 5.41) is 0. The van der Waals surface area contributed by atoms with Gasteiger partial charge in [-0.2, -0.15) is 0 Å². The summed E-state index contributed by atoms with van der Waals surface area (Å²) in [7, 11) is 0. The minimum Gasteiger partial charge on any atom is -0.332 e. The van der Waals surface area contributed by atoms with Crippen molar-refractivity contribution in [1.29, 1.82) is 0 Å². The van der Waals surface area contributed by atoms with Crippen molar-refractivity contribution >= 4 is 23.2 Å². The third-order valence-corrected chi connectivity index (χ3v) is 6.78. The quantitative estimate of drug-likeness (QED) is 0.429. The zero-order valence-electron chi connectivity index (χ0n) is 18.6. The third-order valence-electron chi connectivity index (χ3n) is 5.80. The van der Waals surface area contributed by atoms with Crippen LogP contribution in [0, 0.1) is 6.92 Å². The van der Waals surface area contributed by atoms with E-state index in [1.54, 1.807) is 11.3 Å². The van der Waals surface area contributed by atoms with E-state index in [9.17, 15) is 9.59 Å². The van der Waals surface area contributed by atoms with Crippen LogP contribution in [0.15, 0.2) is 72.8 Å². The number of hydrogen-bond acceptors (Lipinski definition) is 3. The van der Waals surface area contributed by atoms with E-state index in [-0.39, 0.29) is 24.4 Å². The molecule has 3 aromatic rings. The average molecular weight is 447 g/mol. The monoisotopic (exact) mass is 446 g/mol. The lowest BCUT2D eigenvalue weighted by Gasteiger charge is -2.28. The van der Waals surface area contributed by atoms with Gasteiger partial charge < -0.3 is 9.80 Å². The second-order valence-corrected chi connectivity index (χ2v) is 9.86. The molecule has 32 heavy (non-hydrogen) atoms. The van der Waals surface area contributed by atoms with Gasteiger partial charge in [0.25, 0.3) is 0 Å². The molecule has 1 saturated carbocycles. The molecule has 4 rings (SSSR count). The van der Waals surface area contributed by atoms with Crippen LogP contribution in [0.2, 0.25) is 0 Å². The number of carbonyl (C=O) groups is 2. The Balaban J connectivity index is 1.43. The maximum atomic E-state index is 13.4. The van der Waals surface area contributed by atoms with Gasteiger partial charge in [0.2, 0.25) is 11.8 Å². The Morgan fingerprint density at radius 2 is 1.50 bits per heavy atom. The Bertz CT molecular complexity index is 1030. The van der Waals surface area contributed by atoms with Crippen LogP contribution in [0.25, 0.3) is 0 Å². The van der Waals surface area contributed by atoms with Crippen molar-refractivity contribution in [3.8, 4) is 0 Å². The van der Waals surface area contributed by atoms with Gasteiger partial charge >= 0.3 is 0 Å². The first-order valence-electron chi connectivity index (χ1n) is 11.3. The first-order chi connectivity index (χ1) is 15.6. The lowest BCUT2D eigenvalue weighted by atomic mass is 10.1. The normalized spacial score (nSPS) is 13.0. The fourth-order valence-electron chi connectivity index (χ4n) is 3.89. The number of thiophene rings is 1. The topological polar surface area (TPSA) is 40.6 Å². The average Bonchev–Trinajstić information content (AvgIpc) is 3.57. The van der Waals surface area contributed by atoms with Crippen LogP contribution < -0.4 is 0 Å². The van der Waals surface area contributed by atoms with E-state index in [1.165, 1.54) is 9.75 Å². The van der Waals surface area contributed by atoms with Gasteiger partial charge in [-0.1, -0.05) is 60.7 Å². The second kappa shape index (κ2) is 10.6. The summed E-state index contributed by atoms with van der Waals surface area (Å²) in [4.78, 5) is 32.6. The molecule has 0 N–H and O–H groups in total. The molecule has 1 aliphatic rings. The summed E-state index contributed by atoms with van der Waals surface area (Å²) < 4.78 is 0. The molecule has 0 atom stereocenters. The van der Waals surface area contributed by atoms with E-state index in [4.69, 9.17) is 0 Å². The number of benzene rings is 2. The highest BCUT2D eigenvalue weighted by Gasteiger charge is 2.34. The lowest BCUT2D eigenvalue weighted by Crippen LogP contribution is -2.43. The fraction of sp³-hybridized carbons (Fsp3) is 0.333. The summed E-state index contributed by atoms with van der Waals surface area (Å²) in [6.07, 6.45) is 3.14. The predicted octanol–water partition coefficient (Wildman–Crippen LogP) is 5.21. The molecule has 4 nitrogen and oxygen atoms in total. The Hall–Kier alpha value is -2.92. The van der Waals surface area contributed by atoms with Gasteiger partial charge in [0.05, 0.1) is 6.54 Å². The van der Waals surface area contributed by atoms with Crippen LogP contribution in [0.1, 0.15) is 40.1 Å². The van der Waals surface area contributed by atoms with Crippen molar-refractivity contribution < 1.29 is 9.59 Å². The van der Waals surface area contributed by atoms with Gasteiger partial charge in [0.15, 0.2) is 0 Å². The van der Waals surface area contributed by atoms with Gasteiger partial charge in [0.1, 0.15) is 6.54 Å². The van der Waals surface area contributed by atoms with Crippen LogP contribution in [-0.4, -0.2) is 34.2 Å². The van der Waals surface area contributed by atoms with Gasteiger partial charge in [-0.3, -0.25) is 9.59 Å². The molecule has 0 bridgehead atoms. The molecule has 0 saturated heterocycles. The van der Waals surface area contributed by atoms with Crippen molar-refractivity contribution in [3.63, 3.8) is 0 Å². The Morgan fingerprint density at radius 1 is 0.844 bits per heavy atom. The molecule has 0 spiro atoms. The summed E-state index contributed by atoms with van der Waals surface area (Å²) in [6.45, 7) is 3.36. The Kier molecular flexibility index (Phi) is 7.38. The molecule has 1 fully saturated rings. The molecular weight excluding hydrogens is 416 g/mol. The standard InChI is InChI=1S/C27H30N2O2S/c1-21-12-16-25(32-21)19-28(18-23-10-6-3-7-11-23)27(31)20-29(24-14-15-24)26(30)17-13-22-8-4-2-5-9-22/h2-12,16,24H,13-15,17-20H2,1H3. The van der Waals surface area contributed by atoms with Crippen molar-refractivity contribution in [1.82, 2.24) is 9.80 Å². The van der Waals surface area contributed by atoms with E-state index in [1.807, 2.05) is 70.5 Å². The van der Waals surface area contributed by atoms with Crippen LogP contribution >= 0.6 is 11.3 Å². The number of nitrogens with zero attached hydrogens (tertiary/aromatic N) is 2. The van der Waals surface area contributed by atoms with Crippen molar-refractivity contribution in [2.75, 3.05) is 6.54 Å². The number of rotatable bonds is 10. The zero-order valence-corrected chi connectivity index (χ0v) is 19.4. The zero-order chi connectivity index (χ0) is 22.3. The summed E-state index contributed by atoms with van der Waals surface area (Å²) in [5.74, 6) is 0.0937. The molecule has 166 valence electrons. The van der Waals surface area contributed by atoms with Crippen LogP contribution in [0.4, 0.5) is 0 Å². The Labute approximate surface area is 194 Å². The molecule has 5 heteroatoms. The predicted molar refractivity (Wildman–Crippen MR) is 129 cm³/mol. The fourth-order valence-corrected chi connectivity index (χ4v) is 4.79. The molecule has 1 heterocycles. The van der Waals surface area contributed by atoms with Gasteiger partial charge in [-0.15, -0.1) is 11.3 Å². The first kappa shape index (κ1) is 22.3. The van der Waals surface area contributed by atoms with E-state index >= 15 is 0 Å². The van der Waals surface area contributed by atoms with Gasteiger partial charge in [-0.05, 0) is 49.4 Å². The molecule has 0 aliphatic heterocycles. The smallest absolute Gasteiger partial charge is 0.242 e. The maximum absolute atomic E-state index is 13.4. The summed E-state index contributed by atoms with van der Waals surface area (Å²) in [6, 6.07) is 24.5. The molecule has 2 amide bonds. The van der Waals surface area contributed by atoms with E-state index in [2.05, 4.69) is 19.1 Å². The summed E-state index contributed by atoms with van der Waals surface area (Å²) >= 11 is 1.72. The minimum atomic E-state index is 0.0138. The number of hydrogen-bond donors (Lipinski definition) is 0. The lowest BCUT2D eigenvalue weighted by molar-refractivity contribution is -0.141. The molecule has 0 unspecified atom stereocenters. The maximum Gasteiger partial charge on any atom is 0.242 e. The van der Waals surface area contributed by atoms with Crippen molar-refractivity contribution in [3.05, 3.63) is 93.7 Å². The highest BCUT2D eigenvalue weighted by atomic mass is 32.1. The van der Waals surface area contributed by atoms with Crippen molar-refractivity contribution in [2.45, 2.75) is 51.7 Å². The van der Waals surface area contributed by atoms with E-state index in [0.717, 1.165) is 24.0 Å². The van der Waals surface area contributed by atoms with Crippen LogP contribution in [-0.2, 0) is 29.1 Å². The second-order valence-electron chi connectivity index (χ2n) is 8.49. The summed E-state index contributed by atoms with van der Waals surface area (Å²) in [5.41, 5.74) is 2.25. The number of amides is 2. The SMILES string of the molecule is Cc1ccc(CN(Cc2ccccc2)C(=O)CN(C(=O)CCc2ccccc2)C2CC2)s1. The first-order valence-corrected chi connectivity index (χ1v) is 12.1. The Morgan fingerprint density at radius 3 is 2.09 bits per heavy atom. The van der Waals surface area contributed by atoms with E-state index in [0.29, 0.717) is 25.9 Å². The third kappa shape index (κ3) is 6.30.